The Balaban J connectivity index is 1.34. The minimum Gasteiger partial charge on any atom is -0.355 e. The summed E-state index contributed by atoms with van der Waals surface area (Å²) in [6.07, 6.45) is 5.10. The summed E-state index contributed by atoms with van der Waals surface area (Å²) in [5.74, 6) is 1.74. The molecule has 2 fully saturated rings. The average Bonchev–Trinajstić information content (AvgIpc) is 3.26. The molecule has 0 aliphatic carbocycles. The fourth-order valence-corrected chi connectivity index (χ4v) is 3.52. The fourth-order valence-electron chi connectivity index (χ4n) is 3.52. The normalized spacial score (nSPS) is 19.7. The predicted molar refractivity (Wildman–Crippen MR) is 83.9 cm³/mol. The van der Waals surface area contributed by atoms with Crippen LogP contribution in [0.4, 0.5) is 5.82 Å². The van der Waals surface area contributed by atoms with Crippen LogP contribution < -0.4 is 4.90 Å². The lowest BCUT2D eigenvalue weighted by molar-refractivity contribution is -0.131. The van der Waals surface area contributed by atoms with Crippen molar-refractivity contribution in [2.75, 3.05) is 31.1 Å². The molecule has 0 atom stereocenters. The van der Waals surface area contributed by atoms with Gasteiger partial charge in [-0.05, 0) is 54.2 Å². The number of hydrogen-bond acceptors (Lipinski definition) is 6. The van der Waals surface area contributed by atoms with Crippen LogP contribution in [0.3, 0.4) is 0 Å². The average molecular weight is 315 g/mol. The van der Waals surface area contributed by atoms with Crippen molar-refractivity contribution >= 4 is 17.4 Å². The third kappa shape index (κ3) is 2.97. The van der Waals surface area contributed by atoms with Crippen LogP contribution in [0.2, 0.25) is 0 Å². The lowest BCUT2D eigenvalue weighted by Crippen LogP contribution is -2.37. The first-order valence-corrected chi connectivity index (χ1v) is 8.38. The van der Waals surface area contributed by atoms with Gasteiger partial charge in [-0.1, -0.05) is 0 Å². The third-order valence-electron chi connectivity index (χ3n) is 4.92. The van der Waals surface area contributed by atoms with E-state index in [1.165, 1.54) is 4.63 Å². The van der Waals surface area contributed by atoms with Gasteiger partial charge in [0.15, 0.2) is 11.5 Å². The van der Waals surface area contributed by atoms with Crippen molar-refractivity contribution in [3.05, 3.63) is 12.1 Å². The molecule has 8 heteroatoms. The highest BCUT2D eigenvalue weighted by atomic mass is 16.2. The minimum absolute atomic E-state index is 0.342. The maximum Gasteiger partial charge on any atom is 0.222 e. The summed E-state index contributed by atoms with van der Waals surface area (Å²) in [6, 6.07) is 3.84. The summed E-state index contributed by atoms with van der Waals surface area (Å²) in [5.41, 5.74) is 0.653. The van der Waals surface area contributed by atoms with E-state index in [9.17, 15) is 4.79 Å². The number of hydrogen-bond donors (Lipinski definition) is 0. The molecule has 0 spiro atoms. The molecule has 8 nitrogen and oxygen atoms in total. The van der Waals surface area contributed by atoms with Crippen molar-refractivity contribution in [2.45, 2.75) is 32.1 Å². The monoisotopic (exact) mass is 315 g/mol. The highest BCUT2D eigenvalue weighted by Gasteiger charge is 2.25. The van der Waals surface area contributed by atoms with Crippen LogP contribution in [0.25, 0.3) is 5.65 Å². The molecular formula is C15H21N7O. The summed E-state index contributed by atoms with van der Waals surface area (Å²) in [4.78, 5) is 16.5. The zero-order chi connectivity index (χ0) is 15.6. The molecule has 0 unspecified atom stereocenters. The van der Waals surface area contributed by atoms with E-state index in [-0.39, 0.29) is 0 Å². The number of amides is 1. The molecule has 0 N–H and O–H groups in total. The second-order valence-electron chi connectivity index (χ2n) is 6.44. The van der Waals surface area contributed by atoms with Crippen LogP contribution in [-0.4, -0.2) is 62.2 Å². The van der Waals surface area contributed by atoms with Gasteiger partial charge >= 0.3 is 0 Å². The fraction of sp³-hybridized carbons (Fsp3) is 0.667. The predicted octanol–water partition coefficient (Wildman–Crippen LogP) is 0.748. The van der Waals surface area contributed by atoms with E-state index in [2.05, 4.69) is 25.5 Å². The lowest BCUT2D eigenvalue weighted by atomic mass is 9.93. The highest BCUT2D eigenvalue weighted by molar-refractivity contribution is 5.76. The molecular weight excluding hydrogens is 294 g/mol. The van der Waals surface area contributed by atoms with Crippen molar-refractivity contribution in [1.82, 2.24) is 30.2 Å². The van der Waals surface area contributed by atoms with E-state index in [1.54, 1.807) is 0 Å². The number of aromatic nitrogens is 5. The van der Waals surface area contributed by atoms with Crippen molar-refractivity contribution < 1.29 is 4.79 Å². The van der Waals surface area contributed by atoms with E-state index < -0.39 is 0 Å². The molecule has 0 bridgehead atoms. The molecule has 122 valence electrons. The zero-order valence-electron chi connectivity index (χ0n) is 13.1. The number of tetrazole rings is 1. The van der Waals surface area contributed by atoms with E-state index in [0.717, 1.165) is 57.7 Å². The Hall–Kier alpha value is -2.25. The smallest absolute Gasteiger partial charge is 0.222 e. The third-order valence-corrected chi connectivity index (χ3v) is 4.92. The quantitative estimate of drug-likeness (QED) is 0.831. The largest absolute Gasteiger partial charge is 0.355 e. The molecule has 0 radical (unpaired) electrons. The molecule has 4 heterocycles. The standard InChI is InChI=1S/C15H21N7O/c23-15(21-7-1-2-8-21)11-12-5-9-20(10-6-12)14-4-3-13-16-18-19-22(13)17-14/h3-4,12H,1-2,5-11H2. The molecule has 2 aliphatic heterocycles. The molecule has 2 saturated heterocycles. The molecule has 0 aromatic carbocycles. The summed E-state index contributed by atoms with van der Waals surface area (Å²) in [7, 11) is 0. The first-order valence-electron chi connectivity index (χ1n) is 8.38. The highest BCUT2D eigenvalue weighted by Crippen LogP contribution is 2.25. The van der Waals surface area contributed by atoms with Gasteiger partial charge in [0.05, 0.1) is 0 Å². The van der Waals surface area contributed by atoms with Crippen LogP contribution in [0.5, 0.6) is 0 Å². The van der Waals surface area contributed by atoms with Crippen molar-refractivity contribution in [3.63, 3.8) is 0 Å². The maximum absolute atomic E-state index is 12.3. The summed E-state index contributed by atoms with van der Waals surface area (Å²) < 4.78 is 1.46. The topological polar surface area (TPSA) is 79.5 Å². The second kappa shape index (κ2) is 6.10. The lowest BCUT2D eigenvalue weighted by Gasteiger charge is -2.32. The van der Waals surface area contributed by atoms with Gasteiger partial charge in [-0.3, -0.25) is 4.79 Å². The van der Waals surface area contributed by atoms with Crippen molar-refractivity contribution in [3.8, 4) is 0 Å². The number of rotatable bonds is 3. The van der Waals surface area contributed by atoms with Crippen molar-refractivity contribution in [1.29, 1.82) is 0 Å². The van der Waals surface area contributed by atoms with E-state index >= 15 is 0 Å². The molecule has 2 aromatic heterocycles. The van der Waals surface area contributed by atoms with Crippen LogP contribution in [0.1, 0.15) is 32.1 Å². The van der Waals surface area contributed by atoms with E-state index in [1.807, 2.05) is 17.0 Å². The number of piperidine rings is 1. The van der Waals surface area contributed by atoms with Gasteiger partial charge in [0.25, 0.3) is 0 Å². The molecule has 0 saturated carbocycles. The van der Waals surface area contributed by atoms with Crippen LogP contribution in [0, 0.1) is 5.92 Å². The maximum atomic E-state index is 12.3. The number of carbonyl (C=O) groups excluding carboxylic acids is 1. The Labute approximate surface area is 134 Å². The molecule has 1 amide bonds. The number of nitrogens with zero attached hydrogens (tertiary/aromatic N) is 7. The Kier molecular flexibility index (Phi) is 3.80. The Morgan fingerprint density at radius 1 is 1.13 bits per heavy atom. The number of carbonyl (C=O) groups is 1. The Bertz CT molecular complexity index is 686. The van der Waals surface area contributed by atoms with Crippen molar-refractivity contribution in [2.24, 2.45) is 5.92 Å². The van der Waals surface area contributed by atoms with Gasteiger partial charge in [0, 0.05) is 32.6 Å². The first kappa shape index (κ1) is 14.3. The molecule has 2 aliphatic rings. The summed E-state index contributed by atoms with van der Waals surface area (Å²) >= 11 is 0. The summed E-state index contributed by atoms with van der Waals surface area (Å²) in [6.45, 7) is 3.76. The van der Waals surface area contributed by atoms with Gasteiger partial charge in [0.1, 0.15) is 0 Å². The Morgan fingerprint density at radius 3 is 2.70 bits per heavy atom. The van der Waals surface area contributed by atoms with Gasteiger partial charge in [0.2, 0.25) is 5.91 Å². The number of anilines is 1. The summed E-state index contributed by atoms with van der Waals surface area (Å²) in [5, 5.41) is 15.8. The van der Waals surface area contributed by atoms with Gasteiger partial charge in [-0.25, -0.2) is 0 Å². The van der Waals surface area contributed by atoms with E-state index in [4.69, 9.17) is 0 Å². The zero-order valence-corrected chi connectivity index (χ0v) is 13.1. The first-order chi connectivity index (χ1) is 11.3. The van der Waals surface area contributed by atoms with E-state index in [0.29, 0.717) is 23.9 Å². The van der Waals surface area contributed by atoms with Gasteiger partial charge in [-0.15, -0.1) is 14.8 Å². The SMILES string of the molecule is O=C(CC1CCN(c2ccc3nnnn3n2)CC1)N1CCCC1. The Morgan fingerprint density at radius 2 is 1.91 bits per heavy atom. The van der Waals surface area contributed by atoms with Gasteiger partial charge in [-0.2, -0.15) is 0 Å². The van der Waals surface area contributed by atoms with Crippen LogP contribution >= 0.6 is 0 Å². The number of fused-ring (bicyclic) bond motifs is 1. The van der Waals surface area contributed by atoms with Crippen LogP contribution in [0.15, 0.2) is 12.1 Å². The molecule has 23 heavy (non-hydrogen) atoms. The molecule has 2 aromatic rings. The van der Waals surface area contributed by atoms with Crippen LogP contribution in [-0.2, 0) is 4.79 Å². The number of likely N-dealkylation sites (tertiary alicyclic amines) is 1. The van der Waals surface area contributed by atoms with Gasteiger partial charge < -0.3 is 9.80 Å². The second-order valence-corrected chi connectivity index (χ2v) is 6.44. The molecule has 4 rings (SSSR count). The minimum atomic E-state index is 0.342.